The molecule has 0 unspecified atom stereocenters. The maximum Gasteiger partial charge on any atom is 0.303 e. The van der Waals surface area contributed by atoms with Crippen molar-refractivity contribution in [1.82, 2.24) is 0 Å². The fourth-order valence-corrected chi connectivity index (χ4v) is 4.67. The van der Waals surface area contributed by atoms with Crippen LogP contribution in [0.5, 0.6) is 0 Å². The van der Waals surface area contributed by atoms with Gasteiger partial charge in [0.15, 0.2) is 0 Å². The molecular weight excluding hydrogens is 312 g/mol. The monoisotopic (exact) mass is 342 g/mol. The molecular formula is C22H30O3. The Morgan fingerprint density at radius 2 is 2.04 bits per heavy atom. The van der Waals surface area contributed by atoms with Gasteiger partial charge >= 0.3 is 5.97 Å². The summed E-state index contributed by atoms with van der Waals surface area (Å²) in [6.45, 7) is 12.5. The Morgan fingerprint density at radius 3 is 2.76 bits per heavy atom. The second-order valence-corrected chi connectivity index (χ2v) is 8.35. The molecule has 0 amide bonds. The topological polar surface area (TPSA) is 39.4 Å². The second kappa shape index (κ2) is 6.86. The van der Waals surface area contributed by atoms with Crippen LogP contribution in [0.1, 0.15) is 70.3 Å². The Kier molecular flexibility index (Phi) is 4.95. The molecule has 1 heterocycles. The zero-order valence-corrected chi connectivity index (χ0v) is 16.0. The molecule has 2 aliphatic rings. The van der Waals surface area contributed by atoms with Crippen molar-refractivity contribution in [3.8, 4) is 0 Å². The number of esters is 1. The number of carbonyl (C=O) groups is 1. The molecule has 1 aromatic heterocycles. The first-order valence-electron chi connectivity index (χ1n) is 9.38. The Morgan fingerprint density at radius 1 is 1.32 bits per heavy atom. The summed E-state index contributed by atoms with van der Waals surface area (Å²) in [5, 5.41) is 0. The van der Waals surface area contributed by atoms with Crippen molar-refractivity contribution < 1.29 is 13.9 Å². The third kappa shape index (κ3) is 3.75. The number of aryl methyl sites for hydroxylation is 1. The van der Waals surface area contributed by atoms with Crippen LogP contribution in [-0.2, 0) is 27.8 Å². The molecule has 1 aromatic rings. The van der Waals surface area contributed by atoms with Gasteiger partial charge in [-0.25, -0.2) is 0 Å². The van der Waals surface area contributed by atoms with Crippen LogP contribution < -0.4 is 0 Å². The molecule has 0 aromatic carbocycles. The Balaban J connectivity index is 1.99. The number of allylic oxidation sites excluding steroid dienone is 1. The molecule has 3 rings (SSSR count). The van der Waals surface area contributed by atoms with E-state index in [0.717, 1.165) is 31.4 Å². The highest BCUT2D eigenvalue weighted by molar-refractivity contribution is 5.66. The van der Waals surface area contributed by atoms with Gasteiger partial charge in [0.1, 0.15) is 11.9 Å². The van der Waals surface area contributed by atoms with Crippen molar-refractivity contribution >= 4 is 5.97 Å². The lowest BCUT2D eigenvalue weighted by molar-refractivity contribution is -0.144. The van der Waals surface area contributed by atoms with Crippen LogP contribution in [0.25, 0.3) is 0 Å². The predicted molar refractivity (Wildman–Crippen MR) is 99.6 cm³/mol. The average Bonchev–Trinajstić information content (AvgIpc) is 2.88. The van der Waals surface area contributed by atoms with E-state index in [1.54, 1.807) is 0 Å². The van der Waals surface area contributed by atoms with Gasteiger partial charge in [-0.15, -0.1) is 0 Å². The molecule has 0 radical (unpaired) electrons. The minimum Gasteiger partial charge on any atom is -0.468 e. The fraction of sp³-hybridized carbons (Fsp3) is 0.591. The number of hydrogen-bond acceptors (Lipinski definition) is 3. The van der Waals surface area contributed by atoms with E-state index >= 15 is 0 Å². The van der Waals surface area contributed by atoms with Crippen molar-refractivity contribution in [1.29, 1.82) is 0 Å². The lowest BCUT2D eigenvalue weighted by Crippen LogP contribution is -2.34. The fourth-order valence-electron chi connectivity index (χ4n) is 4.67. The van der Waals surface area contributed by atoms with Crippen LogP contribution in [0.2, 0.25) is 0 Å². The molecule has 0 fully saturated rings. The van der Waals surface area contributed by atoms with Gasteiger partial charge in [-0.05, 0) is 55.6 Å². The van der Waals surface area contributed by atoms with Gasteiger partial charge in [0.25, 0.3) is 0 Å². The first-order chi connectivity index (χ1) is 11.8. The van der Waals surface area contributed by atoms with Crippen molar-refractivity contribution in [2.75, 3.05) is 0 Å². The van der Waals surface area contributed by atoms with Gasteiger partial charge in [0, 0.05) is 25.3 Å². The maximum absolute atomic E-state index is 11.4. The second-order valence-electron chi connectivity index (χ2n) is 8.35. The Hall–Kier alpha value is -1.77. The molecule has 0 saturated carbocycles. The lowest BCUT2D eigenvalue weighted by atomic mass is 9.64. The van der Waals surface area contributed by atoms with Crippen molar-refractivity contribution in [2.45, 2.75) is 77.7 Å². The SMILES string of the molecule is C=C1CC[C@@H]2CCc3coc(c3C2(C)C)C/C(C)=C\[C@@H](OC(C)=O)C1. The zero-order valence-electron chi connectivity index (χ0n) is 16.0. The summed E-state index contributed by atoms with van der Waals surface area (Å²) in [7, 11) is 0. The van der Waals surface area contributed by atoms with Gasteiger partial charge in [-0.3, -0.25) is 4.79 Å². The molecule has 0 saturated heterocycles. The van der Waals surface area contributed by atoms with Gasteiger partial charge in [-0.1, -0.05) is 31.6 Å². The number of furan rings is 1. The first kappa shape index (κ1) is 18.0. The normalized spacial score (nSPS) is 28.3. The largest absolute Gasteiger partial charge is 0.468 e. The summed E-state index contributed by atoms with van der Waals surface area (Å²) in [5.74, 6) is 1.47. The Bertz CT molecular complexity index is 705. The highest BCUT2D eigenvalue weighted by atomic mass is 16.5. The van der Waals surface area contributed by atoms with E-state index in [1.807, 2.05) is 6.26 Å². The minimum absolute atomic E-state index is 0.130. The van der Waals surface area contributed by atoms with Gasteiger partial charge in [-0.2, -0.15) is 0 Å². The summed E-state index contributed by atoms with van der Waals surface area (Å²) in [5.41, 5.74) is 5.26. The van der Waals surface area contributed by atoms with Crippen LogP contribution in [0.15, 0.2) is 34.5 Å². The maximum atomic E-state index is 11.4. The van der Waals surface area contributed by atoms with Crippen molar-refractivity contribution in [3.63, 3.8) is 0 Å². The summed E-state index contributed by atoms with van der Waals surface area (Å²) in [6, 6.07) is 0. The van der Waals surface area contributed by atoms with Gasteiger partial charge in [0.05, 0.1) is 6.26 Å². The number of rotatable bonds is 1. The molecule has 3 heteroatoms. The highest BCUT2D eigenvalue weighted by Crippen LogP contribution is 2.46. The van der Waals surface area contributed by atoms with Crippen molar-refractivity contribution in [2.24, 2.45) is 5.92 Å². The minimum atomic E-state index is -0.241. The number of carbonyl (C=O) groups excluding carboxylic acids is 1. The van der Waals surface area contributed by atoms with E-state index in [9.17, 15) is 4.79 Å². The zero-order chi connectivity index (χ0) is 18.2. The van der Waals surface area contributed by atoms with E-state index in [-0.39, 0.29) is 17.5 Å². The molecule has 25 heavy (non-hydrogen) atoms. The van der Waals surface area contributed by atoms with Crippen LogP contribution in [-0.4, -0.2) is 12.1 Å². The average molecular weight is 342 g/mol. The summed E-state index contributed by atoms with van der Waals surface area (Å²) >= 11 is 0. The van der Waals surface area contributed by atoms with Crippen molar-refractivity contribution in [3.05, 3.63) is 47.0 Å². The molecule has 0 spiro atoms. The molecule has 2 bridgehead atoms. The third-order valence-corrected chi connectivity index (χ3v) is 5.93. The predicted octanol–water partition coefficient (Wildman–Crippen LogP) is 5.28. The smallest absolute Gasteiger partial charge is 0.303 e. The molecule has 136 valence electrons. The van der Waals surface area contributed by atoms with E-state index in [2.05, 4.69) is 33.4 Å². The van der Waals surface area contributed by atoms with E-state index < -0.39 is 0 Å². The van der Waals surface area contributed by atoms with Crippen LogP contribution in [0, 0.1) is 5.92 Å². The van der Waals surface area contributed by atoms with Crippen LogP contribution >= 0.6 is 0 Å². The molecule has 0 aliphatic heterocycles. The molecule has 3 nitrogen and oxygen atoms in total. The van der Waals surface area contributed by atoms with E-state index in [1.165, 1.54) is 35.6 Å². The molecule has 2 aliphatic carbocycles. The molecule has 2 atom stereocenters. The number of ether oxygens (including phenoxy) is 1. The Labute approximate surface area is 151 Å². The lowest BCUT2D eigenvalue weighted by Gasteiger charge is -2.40. The standard InChI is InChI=1S/C22H30O3/c1-14-6-8-18-9-7-17-13-24-20(21(17)22(18,4)5)12-15(2)11-19(10-14)25-16(3)23/h11,13,18-19H,1,6-10,12H2,2-5H3/b15-11-/t18-,19+/m1/s1. The summed E-state index contributed by atoms with van der Waals surface area (Å²) in [6.07, 6.45) is 9.71. The quantitative estimate of drug-likeness (QED) is 0.515. The van der Waals surface area contributed by atoms with Gasteiger partial charge < -0.3 is 9.15 Å². The first-order valence-corrected chi connectivity index (χ1v) is 9.38. The van der Waals surface area contributed by atoms with E-state index in [0.29, 0.717) is 12.3 Å². The number of hydrogen-bond donors (Lipinski definition) is 0. The number of fused-ring (bicyclic) bond motifs is 1. The highest BCUT2D eigenvalue weighted by Gasteiger charge is 2.39. The molecule has 0 N–H and O–H groups in total. The third-order valence-electron chi connectivity index (χ3n) is 5.93. The van der Waals surface area contributed by atoms with E-state index in [4.69, 9.17) is 9.15 Å². The summed E-state index contributed by atoms with van der Waals surface area (Å²) < 4.78 is 11.5. The van der Waals surface area contributed by atoms with Crippen LogP contribution in [0.4, 0.5) is 0 Å². The van der Waals surface area contributed by atoms with Gasteiger partial charge in [0.2, 0.25) is 0 Å². The summed E-state index contributed by atoms with van der Waals surface area (Å²) in [4.78, 5) is 11.4. The van der Waals surface area contributed by atoms with Crippen LogP contribution in [0.3, 0.4) is 0 Å².